The van der Waals surface area contributed by atoms with Gasteiger partial charge in [-0.05, 0) is 96.2 Å². The minimum absolute atomic E-state index is 0.0161. The van der Waals surface area contributed by atoms with Crippen LogP contribution in [0.5, 0.6) is 0 Å². The van der Waals surface area contributed by atoms with Gasteiger partial charge in [0.05, 0.1) is 56.8 Å². The van der Waals surface area contributed by atoms with E-state index in [1.165, 1.54) is 0 Å². The summed E-state index contributed by atoms with van der Waals surface area (Å²) in [5.74, 6) is -0.257. The number of aliphatic hydroxyl groups excluding tert-OH is 16. The van der Waals surface area contributed by atoms with E-state index in [0.717, 1.165) is 18.4 Å². The van der Waals surface area contributed by atoms with Gasteiger partial charge in [0, 0.05) is 0 Å². The van der Waals surface area contributed by atoms with E-state index in [4.69, 9.17) is 37.9 Å². The van der Waals surface area contributed by atoms with Crippen LogP contribution in [0, 0.1) is 50.2 Å². The van der Waals surface area contributed by atoms with E-state index in [-0.39, 0.29) is 34.0 Å². The summed E-state index contributed by atoms with van der Waals surface area (Å²) in [5.41, 5.74) is -2.35. The van der Waals surface area contributed by atoms with Crippen molar-refractivity contribution >= 4 is 0 Å². The maximum Gasteiger partial charge on any atom is 0.187 e. The molecule has 450 valence electrons. The maximum atomic E-state index is 12.8. The van der Waals surface area contributed by atoms with Gasteiger partial charge in [-0.3, -0.25) is 0 Å². The van der Waals surface area contributed by atoms with Crippen LogP contribution in [-0.2, 0) is 37.9 Å². The Morgan fingerprint density at radius 1 is 0.474 bits per heavy atom. The van der Waals surface area contributed by atoms with Gasteiger partial charge in [0.1, 0.15) is 97.7 Å². The fraction of sp³-hybridized carbons (Fsp3) is 0.963. The second kappa shape index (κ2) is 22.3. The molecule has 0 unspecified atom stereocenters. The third-order valence-electron chi connectivity index (χ3n) is 21.6. The molecule has 0 aromatic carbocycles. The van der Waals surface area contributed by atoms with Crippen LogP contribution in [0.1, 0.15) is 99.8 Å². The molecule has 0 aromatic heterocycles. The van der Waals surface area contributed by atoms with Crippen molar-refractivity contribution in [2.75, 3.05) is 33.0 Å². The fourth-order valence-electron chi connectivity index (χ4n) is 16.9. The Bertz CT molecular complexity index is 2100. The highest BCUT2D eigenvalue weighted by Gasteiger charge is 2.72. The first-order valence-corrected chi connectivity index (χ1v) is 28.0. The van der Waals surface area contributed by atoms with Crippen molar-refractivity contribution in [2.24, 2.45) is 50.2 Å². The van der Waals surface area contributed by atoms with Crippen molar-refractivity contribution < 1.29 is 120 Å². The molecule has 9 aliphatic rings. The Morgan fingerprint density at radius 3 is 1.42 bits per heavy atom. The molecule has 0 amide bonds. The lowest BCUT2D eigenvalue weighted by atomic mass is 9.33. The standard InChI is InChI=1S/C54H90O24/c1-49(2)14-23-22-8-9-29-51(5)12-11-31(50(3,4)28(51)10-13-52(29,6)53(22,7)15-30(60)54(23,21-59)32(16-49)76-45-41(69)37(65)33(61)24(17-55)71-45)75-47-43(39(67)35(63)26(19-57)73-47)78-48-44(40(68)36(64)27(20-58)74-48)77-46-42(70)38(66)34(62)25(18-56)72-46/h8,23-48,55-70H,9-21H2,1-7H3/t23-,24+,25+,26+,27+,28-,29+,30+,31-,32-,33+,34-,35+,36+,37-,38-,39-,40-,41+,42+,43+,44+,45-,46-,47+,48-,51-,52+,53+,54-/m0/s1. The number of rotatable bonds is 13. The van der Waals surface area contributed by atoms with Gasteiger partial charge in [-0.15, -0.1) is 0 Å². The predicted octanol–water partition coefficient (Wildman–Crippen LogP) is -3.62. The summed E-state index contributed by atoms with van der Waals surface area (Å²) in [6.07, 6.45) is -29.1. The molecule has 16 N–H and O–H groups in total. The van der Waals surface area contributed by atoms with Gasteiger partial charge >= 0.3 is 0 Å². The van der Waals surface area contributed by atoms with Gasteiger partial charge in [-0.2, -0.15) is 0 Å². The second-order valence-electron chi connectivity index (χ2n) is 26.5. The SMILES string of the molecule is CC1(C)C[C@H](O[C@@H]2O[C@H](CO)[C@@H](O)[C@H](O)[C@H]2O)[C@]2(CO)[C@H](O)C[C@]3(C)C(=CC[C@@H]4[C@@]5(C)CC[C@H](O[C@H]6O[C@H](CO)[C@@H](O)[C@H](O)[C@H]6O[C@@H]6O[C@H](CO)[C@@H](O)[C@H](O)[C@H]6O[C@@H]6O[C@H](CO)[C@H](O)[C@H](O)[C@H]6O)C(C)(C)[C@@H]5CC[C@]43C)[C@@H]2C1. The lowest BCUT2D eigenvalue weighted by Crippen LogP contribution is -2.70. The van der Waals surface area contributed by atoms with Gasteiger partial charge in [-0.25, -0.2) is 0 Å². The summed E-state index contributed by atoms with van der Waals surface area (Å²) in [6.45, 7) is 11.9. The normalized spacial score (nSPS) is 54.9. The first-order valence-electron chi connectivity index (χ1n) is 28.0. The lowest BCUT2D eigenvalue weighted by molar-refractivity contribution is -0.398. The van der Waals surface area contributed by atoms with Crippen molar-refractivity contribution in [1.29, 1.82) is 0 Å². The molecule has 4 aliphatic heterocycles. The molecule has 5 aliphatic carbocycles. The first-order chi connectivity index (χ1) is 36.5. The van der Waals surface area contributed by atoms with E-state index >= 15 is 0 Å². The van der Waals surface area contributed by atoms with Crippen molar-refractivity contribution in [1.82, 2.24) is 0 Å². The zero-order valence-corrected chi connectivity index (χ0v) is 45.7. The Balaban J connectivity index is 0.974. The zero-order valence-electron chi connectivity index (χ0n) is 45.7. The molecule has 30 atom stereocenters. The van der Waals surface area contributed by atoms with Crippen LogP contribution in [-0.4, -0.2) is 256 Å². The van der Waals surface area contributed by atoms with Gasteiger partial charge in [-0.1, -0.05) is 60.1 Å². The minimum Gasteiger partial charge on any atom is -0.396 e. The molecule has 24 nitrogen and oxygen atoms in total. The van der Waals surface area contributed by atoms with E-state index in [0.29, 0.717) is 38.5 Å². The maximum absolute atomic E-state index is 12.8. The molecule has 24 heteroatoms. The van der Waals surface area contributed by atoms with Gasteiger partial charge in [0.2, 0.25) is 0 Å². The Kier molecular flexibility index (Phi) is 17.6. The van der Waals surface area contributed by atoms with Crippen LogP contribution in [0.3, 0.4) is 0 Å². The molecule has 0 bridgehead atoms. The van der Waals surface area contributed by atoms with E-state index in [1.807, 2.05) is 0 Å². The fourth-order valence-corrected chi connectivity index (χ4v) is 16.9. The highest BCUT2D eigenvalue weighted by atomic mass is 16.8. The van der Waals surface area contributed by atoms with Crippen LogP contribution in [0.2, 0.25) is 0 Å². The lowest BCUT2D eigenvalue weighted by Gasteiger charge is -2.72. The average molecular weight is 1120 g/mol. The molecule has 8 fully saturated rings. The summed E-state index contributed by atoms with van der Waals surface area (Å²) < 4.78 is 49.1. The third kappa shape index (κ3) is 9.71. The van der Waals surface area contributed by atoms with Gasteiger partial charge < -0.3 is 120 Å². The predicted molar refractivity (Wildman–Crippen MR) is 265 cm³/mol. The van der Waals surface area contributed by atoms with Crippen LogP contribution in [0.4, 0.5) is 0 Å². The number of hydrogen-bond donors (Lipinski definition) is 16. The molecule has 0 spiro atoms. The van der Waals surface area contributed by atoms with Crippen molar-refractivity contribution in [3.8, 4) is 0 Å². The molecule has 4 saturated carbocycles. The van der Waals surface area contributed by atoms with E-state index in [9.17, 15) is 81.7 Å². The smallest absolute Gasteiger partial charge is 0.187 e. The molecular weight excluding hydrogens is 1030 g/mol. The summed E-state index contributed by atoms with van der Waals surface area (Å²) in [5, 5.41) is 174. The second-order valence-corrected chi connectivity index (χ2v) is 26.5. The third-order valence-corrected chi connectivity index (χ3v) is 21.6. The van der Waals surface area contributed by atoms with Crippen LogP contribution in [0.25, 0.3) is 0 Å². The zero-order chi connectivity index (χ0) is 57.1. The molecule has 9 rings (SSSR count). The molecule has 0 aromatic rings. The van der Waals surface area contributed by atoms with Crippen LogP contribution >= 0.6 is 0 Å². The van der Waals surface area contributed by atoms with Crippen molar-refractivity contribution in [3.05, 3.63) is 11.6 Å². The number of aliphatic hydroxyl groups is 16. The molecular formula is C54H90O24. The molecule has 78 heavy (non-hydrogen) atoms. The Labute approximate surface area is 454 Å². The summed E-state index contributed by atoms with van der Waals surface area (Å²) in [7, 11) is 0. The molecule has 4 saturated heterocycles. The quantitative estimate of drug-likeness (QED) is 0.0625. The van der Waals surface area contributed by atoms with E-state index in [2.05, 4.69) is 54.5 Å². The number of ether oxygens (including phenoxy) is 8. The topological polar surface area (TPSA) is 398 Å². The summed E-state index contributed by atoms with van der Waals surface area (Å²) in [6, 6.07) is 0. The minimum atomic E-state index is -1.95. The van der Waals surface area contributed by atoms with Gasteiger partial charge in [0.15, 0.2) is 25.2 Å². The van der Waals surface area contributed by atoms with Gasteiger partial charge in [0.25, 0.3) is 0 Å². The Hall–Kier alpha value is -1.22. The largest absolute Gasteiger partial charge is 0.396 e. The van der Waals surface area contributed by atoms with E-state index in [1.54, 1.807) is 0 Å². The van der Waals surface area contributed by atoms with Crippen LogP contribution in [0.15, 0.2) is 11.6 Å². The van der Waals surface area contributed by atoms with Crippen molar-refractivity contribution in [3.63, 3.8) is 0 Å². The summed E-state index contributed by atoms with van der Waals surface area (Å²) in [4.78, 5) is 0. The Morgan fingerprint density at radius 2 is 0.923 bits per heavy atom. The molecule has 4 heterocycles. The first kappa shape index (κ1) is 61.3. The average Bonchev–Trinajstić information content (AvgIpc) is 2.00. The summed E-state index contributed by atoms with van der Waals surface area (Å²) >= 11 is 0. The number of hydrogen-bond acceptors (Lipinski definition) is 24. The highest BCUT2D eigenvalue weighted by molar-refractivity contribution is 5.36. The van der Waals surface area contributed by atoms with Crippen molar-refractivity contribution in [2.45, 2.75) is 241 Å². The van der Waals surface area contributed by atoms with Crippen LogP contribution < -0.4 is 0 Å². The monoisotopic (exact) mass is 1120 g/mol. The molecule has 0 radical (unpaired) electrons. The van der Waals surface area contributed by atoms with E-state index < -0.39 is 190 Å². The number of allylic oxidation sites excluding steroid dienone is 2. The highest BCUT2D eigenvalue weighted by Crippen LogP contribution is 2.76. The number of fused-ring (bicyclic) bond motifs is 7.